The number of benzene rings is 1. The van der Waals surface area contributed by atoms with Gasteiger partial charge in [-0.1, -0.05) is 12.1 Å². The molecule has 1 fully saturated rings. The molecule has 1 saturated heterocycles. The van der Waals surface area contributed by atoms with E-state index in [-0.39, 0.29) is 24.1 Å². The summed E-state index contributed by atoms with van der Waals surface area (Å²) in [6, 6.07) is 7.21. The predicted molar refractivity (Wildman–Crippen MR) is 91.6 cm³/mol. The third-order valence-corrected chi connectivity index (χ3v) is 4.86. The molecule has 3 amide bonds. The number of nitrogens with one attached hydrogen (secondary N) is 1. The van der Waals surface area contributed by atoms with Crippen LogP contribution < -0.4 is 10.4 Å². The van der Waals surface area contributed by atoms with Crippen molar-refractivity contribution in [2.24, 2.45) is 0 Å². The van der Waals surface area contributed by atoms with Crippen LogP contribution in [0.2, 0.25) is 0 Å². The smallest absolute Gasteiger partial charge is 0.257 e. The summed E-state index contributed by atoms with van der Waals surface area (Å²) in [5.41, 5.74) is 2.90. The summed E-state index contributed by atoms with van der Waals surface area (Å²) in [5.74, 6) is -0.271. The topological polar surface area (TPSA) is 79.0 Å². The third kappa shape index (κ3) is 3.00. The first kappa shape index (κ1) is 17.4. The Bertz CT molecular complexity index is 705. The van der Waals surface area contributed by atoms with E-state index in [4.69, 9.17) is 4.84 Å². The molecule has 7 heteroatoms. The van der Waals surface area contributed by atoms with Crippen molar-refractivity contribution in [3.05, 3.63) is 29.8 Å². The molecule has 0 spiro atoms. The number of para-hydroxylation sites is 1. The Labute approximate surface area is 146 Å². The Kier molecular flexibility index (Phi) is 4.76. The van der Waals surface area contributed by atoms with Crippen molar-refractivity contribution in [2.45, 2.75) is 45.2 Å². The highest BCUT2D eigenvalue weighted by molar-refractivity contribution is 6.10. The summed E-state index contributed by atoms with van der Waals surface area (Å²) in [6.07, 6.45) is 1.77. The molecular weight excluding hydrogens is 322 g/mol. The van der Waals surface area contributed by atoms with Gasteiger partial charge in [0.25, 0.3) is 5.91 Å². The predicted octanol–water partition coefficient (Wildman–Crippen LogP) is 1.83. The van der Waals surface area contributed by atoms with Crippen LogP contribution in [0.3, 0.4) is 0 Å². The van der Waals surface area contributed by atoms with Gasteiger partial charge in [-0.15, -0.1) is 0 Å². The second-order valence-corrected chi connectivity index (χ2v) is 6.48. The van der Waals surface area contributed by atoms with Crippen LogP contribution in [0.1, 0.15) is 49.9 Å². The second-order valence-electron chi connectivity index (χ2n) is 6.48. The summed E-state index contributed by atoms with van der Waals surface area (Å²) in [6.45, 7) is 4.53. The molecule has 134 valence electrons. The minimum atomic E-state index is -0.668. The fourth-order valence-electron chi connectivity index (χ4n) is 3.64. The largest absolute Gasteiger partial charge is 0.315 e. The summed E-state index contributed by atoms with van der Waals surface area (Å²) in [4.78, 5) is 45.4. The molecule has 2 heterocycles. The van der Waals surface area contributed by atoms with Crippen molar-refractivity contribution in [1.29, 1.82) is 0 Å². The van der Waals surface area contributed by atoms with Crippen LogP contribution >= 0.6 is 0 Å². The van der Waals surface area contributed by atoms with Gasteiger partial charge in [-0.2, -0.15) is 0 Å². The number of hydrogen-bond donors (Lipinski definition) is 1. The van der Waals surface area contributed by atoms with Crippen LogP contribution in [0.15, 0.2) is 24.3 Å². The first-order valence-corrected chi connectivity index (χ1v) is 8.63. The molecule has 0 bridgehead atoms. The second kappa shape index (κ2) is 6.84. The summed E-state index contributed by atoms with van der Waals surface area (Å²) >= 11 is 0. The lowest BCUT2D eigenvalue weighted by Crippen LogP contribution is -2.62. The number of nitrogens with zero attached hydrogens (tertiary/aromatic N) is 2. The average molecular weight is 345 g/mol. The van der Waals surface area contributed by atoms with Crippen molar-refractivity contribution in [1.82, 2.24) is 10.4 Å². The van der Waals surface area contributed by atoms with Crippen molar-refractivity contribution in [3.8, 4) is 0 Å². The highest BCUT2D eigenvalue weighted by atomic mass is 16.6. The van der Waals surface area contributed by atoms with Gasteiger partial charge >= 0.3 is 0 Å². The normalized spacial score (nSPS) is 22.0. The highest BCUT2D eigenvalue weighted by Gasteiger charge is 2.52. The van der Waals surface area contributed by atoms with Crippen molar-refractivity contribution < 1.29 is 19.2 Å². The molecule has 7 nitrogen and oxygen atoms in total. The fourth-order valence-corrected chi connectivity index (χ4v) is 3.64. The Morgan fingerprint density at radius 1 is 1.32 bits per heavy atom. The summed E-state index contributed by atoms with van der Waals surface area (Å²) in [5, 5.41) is 0. The minimum absolute atomic E-state index is 0.0292. The summed E-state index contributed by atoms with van der Waals surface area (Å²) < 4.78 is 0. The maximum Gasteiger partial charge on any atom is 0.257 e. The van der Waals surface area contributed by atoms with Gasteiger partial charge in [0, 0.05) is 19.4 Å². The molecule has 0 unspecified atom stereocenters. The van der Waals surface area contributed by atoms with E-state index in [2.05, 4.69) is 5.48 Å². The number of hydrogen-bond acceptors (Lipinski definition) is 4. The van der Waals surface area contributed by atoms with Gasteiger partial charge in [0.2, 0.25) is 11.8 Å². The Balaban J connectivity index is 1.79. The Morgan fingerprint density at radius 3 is 2.84 bits per heavy atom. The minimum Gasteiger partial charge on any atom is -0.315 e. The standard InChI is InChI=1S/C18H23N3O4/c1-3-25-19-15(22)9-6-12-20-17(24)13-7-4-5-8-14(13)21-16(23)10-11-18(20,21)2/h4-5,7-8H,3,6,9-12H2,1-2H3,(H,19,22)/t18-/m0/s1. The number of carbonyl (C=O) groups excluding carboxylic acids is 3. The third-order valence-electron chi connectivity index (χ3n) is 4.86. The van der Waals surface area contributed by atoms with E-state index >= 15 is 0 Å². The van der Waals surface area contributed by atoms with E-state index in [1.807, 2.05) is 19.1 Å². The molecule has 0 aromatic heterocycles. The first-order chi connectivity index (χ1) is 12.0. The lowest BCUT2D eigenvalue weighted by molar-refractivity contribution is -0.133. The molecule has 2 aliphatic heterocycles. The van der Waals surface area contributed by atoms with Crippen LogP contribution in [0.4, 0.5) is 5.69 Å². The quantitative estimate of drug-likeness (QED) is 0.798. The van der Waals surface area contributed by atoms with Crippen LogP contribution in [0.25, 0.3) is 0 Å². The first-order valence-electron chi connectivity index (χ1n) is 8.63. The van der Waals surface area contributed by atoms with Gasteiger partial charge in [0.15, 0.2) is 0 Å². The zero-order valence-electron chi connectivity index (χ0n) is 14.6. The van der Waals surface area contributed by atoms with Crippen molar-refractivity contribution in [2.75, 3.05) is 18.1 Å². The molecule has 1 N–H and O–H groups in total. The van der Waals surface area contributed by atoms with Gasteiger partial charge in [-0.25, -0.2) is 5.48 Å². The van der Waals surface area contributed by atoms with Crippen LogP contribution in [0, 0.1) is 0 Å². The molecule has 3 rings (SSSR count). The van der Waals surface area contributed by atoms with Crippen molar-refractivity contribution >= 4 is 23.4 Å². The number of carbonyl (C=O) groups is 3. The van der Waals surface area contributed by atoms with Gasteiger partial charge in [-0.05, 0) is 38.8 Å². The number of amides is 3. The maximum absolute atomic E-state index is 13.0. The number of fused-ring (bicyclic) bond motifs is 3. The van der Waals surface area contributed by atoms with Gasteiger partial charge in [-0.3, -0.25) is 24.1 Å². The number of hydroxylamine groups is 1. The van der Waals surface area contributed by atoms with Crippen LogP contribution in [0.5, 0.6) is 0 Å². The maximum atomic E-state index is 13.0. The van der Waals surface area contributed by atoms with Crippen molar-refractivity contribution in [3.63, 3.8) is 0 Å². The lowest BCUT2D eigenvalue weighted by atomic mass is 9.98. The van der Waals surface area contributed by atoms with Gasteiger partial charge in [0.1, 0.15) is 5.66 Å². The van der Waals surface area contributed by atoms with Crippen LogP contribution in [-0.4, -0.2) is 41.4 Å². The average Bonchev–Trinajstić information content (AvgIpc) is 2.92. The fraction of sp³-hybridized carbons (Fsp3) is 0.500. The lowest BCUT2D eigenvalue weighted by Gasteiger charge is -2.48. The van der Waals surface area contributed by atoms with E-state index in [0.717, 1.165) is 0 Å². The Morgan fingerprint density at radius 2 is 2.08 bits per heavy atom. The van der Waals surface area contributed by atoms with E-state index in [1.54, 1.807) is 28.9 Å². The summed E-state index contributed by atoms with van der Waals surface area (Å²) in [7, 11) is 0. The molecule has 1 aromatic carbocycles. The van der Waals surface area contributed by atoms with E-state index in [9.17, 15) is 14.4 Å². The monoisotopic (exact) mass is 345 g/mol. The highest BCUT2D eigenvalue weighted by Crippen LogP contribution is 2.43. The Hall–Kier alpha value is -2.41. The zero-order chi connectivity index (χ0) is 18.0. The molecule has 1 atom stereocenters. The molecule has 0 aliphatic carbocycles. The van der Waals surface area contributed by atoms with Crippen LogP contribution in [-0.2, 0) is 14.4 Å². The number of rotatable bonds is 6. The van der Waals surface area contributed by atoms with E-state index < -0.39 is 5.66 Å². The molecule has 0 saturated carbocycles. The SMILES string of the molecule is CCONC(=O)CCCN1C(=O)c2ccccc2N2C(=O)CC[C@@]12C. The molecule has 0 radical (unpaired) electrons. The van der Waals surface area contributed by atoms with E-state index in [0.29, 0.717) is 43.7 Å². The molecule has 2 aliphatic rings. The van der Waals surface area contributed by atoms with Gasteiger partial charge in [0.05, 0.1) is 17.9 Å². The van der Waals surface area contributed by atoms with Gasteiger partial charge < -0.3 is 4.90 Å². The molecule has 1 aromatic rings. The zero-order valence-corrected chi connectivity index (χ0v) is 14.6. The molecular formula is C18H23N3O4. The number of anilines is 1. The molecule has 25 heavy (non-hydrogen) atoms. The van der Waals surface area contributed by atoms with E-state index in [1.165, 1.54) is 0 Å².